The molecule has 0 unspecified atom stereocenters. The van der Waals surface area contributed by atoms with Crippen molar-refractivity contribution in [3.63, 3.8) is 0 Å². The van der Waals surface area contributed by atoms with Crippen molar-refractivity contribution in [2.24, 2.45) is 0 Å². The highest BCUT2D eigenvalue weighted by Gasteiger charge is 2.14. The Morgan fingerprint density at radius 1 is 1.03 bits per heavy atom. The summed E-state index contributed by atoms with van der Waals surface area (Å²) in [7, 11) is 3.25. The van der Waals surface area contributed by atoms with Crippen molar-refractivity contribution in [2.45, 2.75) is 13.0 Å². The van der Waals surface area contributed by atoms with Gasteiger partial charge in [-0.25, -0.2) is 0 Å². The molecular formula is C25H24N4O3S. The highest BCUT2D eigenvalue weighted by atomic mass is 32.1. The molecule has 0 aliphatic carbocycles. The molecule has 4 aromatic rings. The molecule has 2 N–H and O–H groups in total. The lowest BCUT2D eigenvalue weighted by Gasteiger charge is -2.13. The number of H-pyrrole nitrogens is 1. The highest BCUT2D eigenvalue weighted by Crippen LogP contribution is 2.26. The Morgan fingerprint density at radius 3 is 2.48 bits per heavy atom. The summed E-state index contributed by atoms with van der Waals surface area (Å²) in [6.07, 6.45) is 0.697. The zero-order valence-electron chi connectivity index (χ0n) is 18.4. The number of methoxy groups -OCH3 is 2. The number of carbonyl (C=O) groups is 1. The number of hydrogen-bond acceptors (Lipinski definition) is 5. The minimum atomic E-state index is -0.210. The molecule has 0 atom stereocenters. The van der Waals surface area contributed by atoms with E-state index in [0.29, 0.717) is 22.7 Å². The Balaban J connectivity index is 1.52. The zero-order chi connectivity index (χ0) is 23.2. The maximum absolute atomic E-state index is 12.9. The minimum Gasteiger partial charge on any atom is -0.497 e. The van der Waals surface area contributed by atoms with Gasteiger partial charge >= 0.3 is 0 Å². The quantitative estimate of drug-likeness (QED) is 0.367. The second-order valence-corrected chi connectivity index (χ2v) is 7.79. The third-order valence-electron chi connectivity index (χ3n) is 5.21. The van der Waals surface area contributed by atoms with E-state index in [1.807, 2.05) is 60.7 Å². The van der Waals surface area contributed by atoms with E-state index in [-0.39, 0.29) is 12.5 Å². The molecule has 33 heavy (non-hydrogen) atoms. The molecule has 0 saturated carbocycles. The van der Waals surface area contributed by atoms with Crippen molar-refractivity contribution in [3.05, 3.63) is 88.7 Å². The van der Waals surface area contributed by atoms with E-state index < -0.39 is 0 Å². The molecule has 0 aliphatic rings. The van der Waals surface area contributed by atoms with Gasteiger partial charge in [0.15, 0.2) is 10.6 Å². The number of benzene rings is 3. The second-order valence-electron chi connectivity index (χ2n) is 7.40. The third-order valence-corrected chi connectivity index (χ3v) is 5.52. The number of hydrogen-bond donors (Lipinski definition) is 2. The third kappa shape index (κ3) is 5.30. The fourth-order valence-electron chi connectivity index (χ4n) is 3.58. The van der Waals surface area contributed by atoms with Gasteiger partial charge in [-0.2, -0.15) is 5.10 Å². The number of rotatable bonds is 8. The van der Waals surface area contributed by atoms with Gasteiger partial charge in [0, 0.05) is 23.2 Å². The first kappa shape index (κ1) is 22.3. The molecule has 1 amide bonds. The van der Waals surface area contributed by atoms with E-state index in [1.165, 1.54) is 0 Å². The summed E-state index contributed by atoms with van der Waals surface area (Å²) >= 11 is 5.35. The fraction of sp³-hybridized carbons (Fsp3) is 0.160. The van der Waals surface area contributed by atoms with Gasteiger partial charge in [-0.3, -0.25) is 14.5 Å². The minimum absolute atomic E-state index is 0.0245. The molecule has 0 aliphatic heterocycles. The number of aromatic nitrogens is 3. The first-order valence-corrected chi connectivity index (χ1v) is 10.8. The standard InChI is InChI=1S/C25H24N4O3S/c1-31-21-11-8-18(9-12-21)24-27-28-25(33)29(24)16-23(30)26-20-10-13-22(32-2)19(15-20)14-17-6-4-3-5-7-17/h3-13,15H,14,16H2,1-2H3,(H,26,30)(H,28,33). The molecule has 4 rings (SSSR count). The van der Waals surface area contributed by atoms with Crippen LogP contribution in [0.1, 0.15) is 11.1 Å². The summed E-state index contributed by atoms with van der Waals surface area (Å²) in [6.45, 7) is 0.0245. The largest absolute Gasteiger partial charge is 0.497 e. The molecule has 0 bridgehead atoms. The van der Waals surface area contributed by atoms with E-state index in [9.17, 15) is 4.79 Å². The van der Waals surface area contributed by atoms with Crippen LogP contribution >= 0.6 is 12.2 Å². The first-order valence-electron chi connectivity index (χ1n) is 10.4. The molecule has 168 valence electrons. The van der Waals surface area contributed by atoms with E-state index in [0.717, 1.165) is 28.2 Å². The molecule has 7 nitrogen and oxygen atoms in total. The molecule has 1 heterocycles. The van der Waals surface area contributed by atoms with Gasteiger partial charge in [-0.05, 0) is 60.2 Å². The van der Waals surface area contributed by atoms with Gasteiger partial charge < -0.3 is 14.8 Å². The Labute approximate surface area is 197 Å². The van der Waals surface area contributed by atoms with Crippen LogP contribution in [0.5, 0.6) is 11.5 Å². The Bertz CT molecular complexity index is 1300. The van der Waals surface area contributed by atoms with Crippen molar-refractivity contribution in [3.8, 4) is 22.9 Å². The van der Waals surface area contributed by atoms with Crippen LogP contribution in [0, 0.1) is 4.77 Å². The van der Waals surface area contributed by atoms with Crippen LogP contribution in [0.15, 0.2) is 72.8 Å². The smallest absolute Gasteiger partial charge is 0.244 e. The number of nitrogens with one attached hydrogen (secondary N) is 2. The maximum atomic E-state index is 12.9. The topological polar surface area (TPSA) is 81.2 Å². The van der Waals surface area contributed by atoms with Crippen LogP contribution < -0.4 is 14.8 Å². The van der Waals surface area contributed by atoms with Gasteiger partial charge in [0.05, 0.1) is 14.2 Å². The van der Waals surface area contributed by atoms with Gasteiger partial charge in [0.25, 0.3) is 0 Å². The van der Waals surface area contributed by atoms with E-state index in [2.05, 4.69) is 27.6 Å². The van der Waals surface area contributed by atoms with Crippen LogP contribution in [-0.4, -0.2) is 34.9 Å². The van der Waals surface area contributed by atoms with Crippen LogP contribution in [0.2, 0.25) is 0 Å². The molecular weight excluding hydrogens is 436 g/mol. The Morgan fingerprint density at radius 2 is 1.79 bits per heavy atom. The van der Waals surface area contributed by atoms with Gasteiger partial charge in [-0.1, -0.05) is 30.3 Å². The summed E-state index contributed by atoms with van der Waals surface area (Å²) < 4.78 is 12.8. The number of aromatic amines is 1. The number of anilines is 1. The number of ether oxygens (including phenoxy) is 2. The molecule has 0 saturated heterocycles. The zero-order valence-corrected chi connectivity index (χ0v) is 19.2. The van der Waals surface area contributed by atoms with E-state index in [1.54, 1.807) is 18.8 Å². The van der Waals surface area contributed by atoms with Crippen LogP contribution in [0.4, 0.5) is 5.69 Å². The maximum Gasteiger partial charge on any atom is 0.244 e. The number of nitrogens with zero attached hydrogens (tertiary/aromatic N) is 2. The van der Waals surface area contributed by atoms with Crippen molar-refractivity contribution < 1.29 is 14.3 Å². The molecule has 1 aromatic heterocycles. The van der Waals surface area contributed by atoms with Crippen molar-refractivity contribution in [2.75, 3.05) is 19.5 Å². The van der Waals surface area contributed by atoms with Crippen molar-refractivity contribution in [1.82, 2.24) is 14.8 Å². The second kappa shape index (κ2) is 10.1. The Kier molecular flexibility index (Phi) is 6.85. The lowest BCUT2D eigenvalue weighted by atomic mass is 10.0. The average Bonchev–Trinajstić information content (AvgIpc) is 3.20. The van der Waals surface area contributed by atoms with Crippen LogP contribution in [-0.2, 0) is 17.8 Å². The van der Waals surface area contributed by atoms with Gasteiger partial charge in [0.2, 0.25) is 5.91 Å². The van der Waals surface area contributed by atoms with Crippen molar-refractivity contribution in [1.29, 1.82) is 0 Å². The Hall–Kier alpha value is -3.91. The molecule has 3 aromatic carbocycles. The molecule has 0 fully saturated rings. The molecule has 8 heteroatoms. The predicted molar refractivity (Wildman–Crippen MR) is 130 cm³/mol. The monoisotopic (exact) mass is 460 g/mol. The summed E-state index contributed by atoms with van der Waals surface area (Å²) in [5, 5.41) is 10.0. The van der Waals surface area contributed by atoms with Crippen molar-refractivity contribution >= 4 is 23.8 Å². The van der Waals surface area contributed by atoms with E-state index in [4.69, 9.17) is 21.7 Å². The normalized spacial score (nSPS) is 10.6. The number of carbonyl (C=O) groups excluding carboxylic acids is 1. The average molecular weight is 461 g/mol. The summed E-state index contributed by atoms with van der Waals surface area (Å²) in [5.74, 6) is 1.88. The van der Waals surface area contributed by atoms with E-state index >= 15 is 0 Å². The summed E-state index contributed by atoms with van der Waals surface area (Å²) in [5.41, 5.74) is 3.66. The lowest BCUT2D eigenvalue weighted by molar-refractivity contribution is -0.116. The molecule has 0 radical (unpaired) electrons. The fourth-order valence-corrected chi connectivity index (χ4v) is 3.78. The van der Waals surface area contributed by atoms with Crippen LogP contribution in [0.3, 0.4) is 0 Å². The predicted octanol–water partition coefficient (Wildman–Crippen LogP) is 4.85. The lowest BCUT2D eigenvalue weighted by Crippen LogP contribution is -2.19. The summed E-state index contributed by atoms with van der Waals surface area (Å²) in [6, 6.07) is 23.1. The highest BCUT2D eigenvalue weighted by molar-refractivity contribution is 7.71. The van der Waals surface area contributed by atoms with Gasteiger partial charge in [-0.15, -0.1) is 0 Å². The SMILES string of the molecule is COc1ccc(-c2n[nH]c(=S)n2CC(=O)Nc2ccc(OC)c(Cc3ccccc3)c2)cc1. The first-order chi connectivity index (χ1) is 16.1. The van der Waals surface area contributed by atoms with Crippen LogP contribution in [0.25, 0.3) is 11.4 Å². The summed E-state index contributed by atoms with van der Waals surface area (Å²) in [4.78, 5) is 12.9. The molecule has 0 spiro atoms. The number of amides is 1. The van der Waals surface area contributed by atoms with Gasteiger partial charge in [0.1, 0.15) is 18.0 Å².